The van der Waals surface area contributed by atoms with E-state index in [1.165, 1.54) is 0 Å². The summed E-state index contributed by atoms with van der Waals surface area (Å²) in [5.74, 6) is 1.65. The van der Waals surface area contributed by atoms with Crippen molar-refractivity contribution < 1.29 is 5.11 Å². The SMILES string of the molecule is CC(C)C(CN)CN1CCC(C)C(O)C1. The fraction of sp³-hybridized carbons (Fsp3) is 1.00. The molecule has 0 amide bonds. The van der Waals surface area contributed by atoms with Crippen LogP contribution in [0.1, 0.15) is 27.2 Å². The van der Waals surface area contributed by atoms with E-state index in [1.54, 1.807) is 0 Å². The molecule has 3 unspecified atom stereocenters. The summed E-state index contributed by atoms with van der Waals surface area (Å²) in [7, 11) is 0. The van der Waals surface area contributed by atoms with Gasteiger partial charge in [0.25, 0.3) is 0 Å². The number of nitrogens with two attached hydrogens (primary N) is 1. The zero-order chi connectivity index (χ0) is 11.4. The monoisotopic (exact) mass is 214 g/mol. The first-order chi connectivity index (χ1) is 7.04. The Kier molecular flexibility index (Phi) is 5.03. The molecule has 0 aromatic heterocycles. The van der Waals surface area contributed by atoms with Crippen LogP contribution in [0.5, 0.6) is 0 Å². The minimum absolute atomic E-state index is 0.149. The highest BCUT2D eigenvalue weighted by molar-refractivity contribution is 4.79. The molecule has 0 spiro atoms. The first-order valence-corrected chi connectivity index (χ1v) is 6.15. The molecular weight excluding hydrogens is 188 g/mol. The number of hydrogen-bond donors (Lipinski definition) is 2. The third-order valence-electron chi connectivity index (χ3n) is 3.74. The molecule has 0 radical (unpaired) electrons. The van der Waals surface area contributed by atoms with Crippen LogP contribution < -0.4 is 5.73 Å². The van der Waals surface area contributed by atoms with Gasteiger partial charge in [-0.15, -0.1) is 0 Å². The number of hydrogen-bond acceptors (Lipinski definition) is 3. The Labute approximate surface area is 93.6 Å². The Morgan fingerprint density at radius 1 is 1.47 bits per heavy atom. The first-order valence-electron chi connectivity index (χ1n) is 6.15. The smallest absolute Gasteiger partial charge is 0.0693 e. The van der Waals surface area contributed by atoms with Crippen LogP contribution in [0.15, 0.2) is 0 Å². The second-order valence-corrected chi connectivity index (χ2v) is 5.33. The van der Waals surface area contributed by atoms with Crippen molar-refractivity contribution in [2.75, 3.05) is 26.2 Å². The fourth-order valence-corrected chi connectivity index (χ4v) is 2.17. The van der Waals surface area contributed by atoms with E-state index in [2.05, 4.69) is 25.7 Å². The highest BCUT2D eigenvalue weighted by atomic mass is 16.3. The van der Waals surface area contributed by atoms with E-state index >= 15 is 0 Å². The second kappa shape index (κ2) is 5.83. The van der Waals surface area contributed by atoms with Gasteiger partial charge in [-0.2, -0.15) is 0 Å². The van der Waals surface area contributed by atoms with Crippen LogP contribution in [0.2, 0.25) is 0 Å². The molecule has 0 aliphatic carbocycles. The summed E-state index contributed by atoms with van der Waals surface area (Å²) in [5.41, 5.74) is 5.76. The minimum Gasteiger partial charge on any atom is -0.392 e. The number of rotatable bonds is 4. The Balaban J connectivity index is 2.38. The van der Waals surface area contributed by atoms with E-state index in [-0.39, 0.29) is 6.10 Å². The lowest BCUT2D eigenvalue weighted by Crippen LogP contribution is -2.46. The molecule has 3 N–H and O–H groups in total. The molecule has 1 heterocycles. The predicted molar refractivity (Wildman–Crippen MR) is 63.6 cm³/mol. The van der Waals surface area contributed by atoms with Crippen LogP contribution in [0, 0.1) is 17.8 Å². The van der Waals surface area contributed by atoms with Gasteiger partial charge in [0.05, 0.1) is 6.10 Å². The first kappa shape index (κ1) is 12.9. The average molecular weight is 214 g/mol. The van der Waals surface area contributed by atoms with Crippen molar-refractivity contribution in [1.29, 1.82) is 0 Å². The van der Waals surface area contributed by atoms with Crippen LogP contribution in [-0.2, 0) is 0 Å². The van der Waals surface area contributed by atoms with E-state index in [4.69, 9.17) is 5.73 Å². The molecule has 1 rings (SSSR count). The van der Waals surface area contributed by atoms with Crippen molar-refractivity contribution in [3.8, 4) is 0 Å². The Morgan fingerprint density at radius 2 is 2.13 bits per heavy atom. The van der Waals surface area contributed by atoms with Gasteiger partial charge in [0.15, 0.2) is 0 Å². The Morgan fingerprint density at radius 3 is 2.60 bits per heavy atom. The van der Waals surface area contributed by atoms with E-state index in [1.807, 2.05) is 0 Å². The van der Waals surface area contributed by atoms with Gasteiger partial charge in [-0.05, 0) is 37.3 Å². The lowest BCUT2D eigenvalue weighted by molar-refractivity contribution is 0.0204. The second-order valence-electron chi connectivity index (χ2n) is 5.33. The summed E-state index contributed by atoms with van der Waals surface area (Å²) in [5, 5.41) is 9.80. The van der Waals surface area contributed by atoms with Gasteiger partial charge in [0.1, 0.15) is 0 Å². The summed E-state index contributed by atoms with van der Waals surface area (Å²) in [6.07, 6.45) is 0.959. The summed E-state index contributed by atoms with van der Waals surface area (Å²) in [6, 6.07) is 0. The van der Waals surface area contributed by atoms with Gasteiger partial charge in [-0.3, -0.25) is 0 Å². The highest BCUT2D eigenvalue weighted by Gasteiger charge is 2.26. The zero-order valence-corrected chi connectivity index (χ0v) is 10.3. The van der Waals surface area contributed by atoms with Gasteiger partial charge in [0.2, 0.25) is 0 Å². The lowest BCUT2D eigenvalue weighted by Gasteiger charge is -2.36. The largest absolute Gasteiger partial charge is 0.392 e. The summed E-state index contributed by atoms with van der Waals surface area (Å²) < 4.78 is 0. The van der Waals surface area contributed by atoms with E-state index in [0.29, 0.717) is 17.8 Å². The topological polar surface area (TPSA) is 49.5 Å². The minimum atomic E-state index is -0.149. The van der Waals surface area contributed by atoms with E-state index in [0.717, 1.165) is 32.6 Å². The van der Waals surface area contributed by atoms with Gasteiger partial charge in [0, 0.05) is 13.1 Å². The predicted octanol–water partition coefficient (Wildman–Crippen LogP) is 0.920. The van der Waals surface area contributed by atoms with Crippen LogP contribution in [0.3, 0.4) is 0 Å². The maximum atomic E-state index is 9.80. The molecule has 3 nitrogen and oxygen atoms in total. The van der Waals surface area contributed by atoms with Crippen molar-refractivity contribution in [1.82, 2.24) is 4.90 Å². The summed E-state index contributed by atoms with van der Waals surface area (Å²) >= 11 is 0. The third-order valence-corrected chi connectivity index (χ3v) is 3.74. The standard InChI is InChI=1S/C12H26N2O/c1-9(2)11(6-13)7-14-5-4-10(3)12(15)8-14/h9-12,15H,4-8,13H2,1-3H3. The van der Waals surface area contributed by atoms with Crippen LogP contribution in [0.25, 0.3) is 0 Å². The number of piperidine rings is 1. The summed E-state index contributed by atoms with van der Waals surface area (Å²) in [6.45, 7) is 10.3. The highest BCUT2D eigenvalue weighted by Crippen LogP contribution is 2.19. The normalized spacial score (nSPS) is 30.8. The molecule has 0 saturated carbocycles. The summed E-state index contributed by atoms with van der Waals surface area (Å²) in [4.78, 5) is 2.36. The van der Waals surface area contributed by atoms with Crippen molar-refractivity contribution in [2.24, 2.45) is 23.5 Å². The molecule has 1 aliphatic heterocycles. The molecular formula is C12H26N2O. The number of aliphatic hydroxyl groups excluding tert-OH is 1. The van der Waals surface area contributed by atoms with Gasteiger partial charge >= 0.3 is 0 Å². The molecule has 15 heavy (non-hydrogen) atoms. The molecule has 3 heteroatoms. The van der Waals surface area contributed by atoms with Gasteiger partial charge < -0.3 is 15.7 Å². The lowest BCUT2D eigenvalue weighted by atomic mass is 9.92. The molecule has 90 valence electrons. The molecule has 0 aromatic rings. The molecule has 1 fully saturated rings. The maximum absolute atomic E-state index is 9.80. The van der Waals surface area contributed by atoms with Crippen LogP contribution in [0.4, 0.5) is 0 Å². The molecule has 1 saturated heterocycles. The fourth-order valence-electron chi connectivity index (χ4n) is 2.17. The Bertz CT molecular complexity index is 184. The van der Waals surface area contributed by atoms with Crippen molar-refractivity contribution >= 4 is 0 Å². The average Bonchev–Trinajstić information content (AvgIpc) is 2.19. The number of β-amino-alcohol motifs (C(OH)–C–C–N with tert-alkyl or cyclic N) is 1. The van der Waals surface area contributed by atoms with E-state index in [9.17, 15) is 5.11 Å². The van der Waals surface area contributed by atoms with E-state index < -0.39 is 0 Å². The van der Waals surface area contributed by atoms with Gasteiger partial charge in [-0.25, -0.2) is 0 Å². The molecule has 0 bridgehead atoms. The molecule has 0 aromatic carbocycles. The molecule has 3 atom stereocenters. The number of nitrogens with zero attached hydrogens (tertiary/aromatic N) is 1. The van der Waals surface area contributed by atoms with Crippen molar-refractivity contribution in [3.05, 3.63) is 0 Å². The third kappa shape index (κ3) is 3.74. The number of likely N-dealkylation sites (tertiary alicyclic amines) is 1. The Hall–Kier alpha value is -0.120. The zero-order valence-electron chi connectivity index (χ0n) is 10.3. The van der Waals surface area contributed by atoms with Crippen molar-refractivity contribution in [3.63, 3.8) is 0 Å². The van der Waals surface area contributed by atoms with Crippen molar-refractivity contribution in [2.45, 2.75) is 33.3 Å². The van der Waals surface area contributed by atoms with Gasteiger partial charge in [-0.1, -0.05) is 20.8 Å². The molecule has 1 aliphatic rings. The number of aliphatic hydroxyl groups is 1. The quantitative estimate of drug-likeness (QED) is 0.731. The maximum Gasteiger partial charge on any atom is 0.0693 e. The van der Waals surface area contributed by atoms with Crippen LogP contribution >= 0.6 is 0 Å². The van der Waals surface area contributed by atoms with Crippen LogP contribution in [-0.4, -0.2) is 42.3 Å².